The van der Waals surface area contributed by atoms with E-state index in [4.69, 9.17) is 0 Å². The summed E-state index contributed by atoms with van der Waals surface area (Å²) in [4.78, 5) is 27.6. The number of hydrogen-bond donors (Lipinski definition) is 1. The van der Waals surface area contributed by atoms with Crippen LogP contribution in [0, 0.1) is 13.8 Å². The average molecular weight is 441 g/mol. The number of aryl methyl sites for hydroxylation is 2. The Kier molecular flexibility index (Phi) is 9.17. The van der Waals surface area contributed by atoms with E-state index in [2.05, 4.69) is 49.5 Å². The predicted octanol–water partition coefficient (Wildman–Crippen LogP) is 4.91. The number of nitrogens with zero attached hydrogens (tertiary/aromatic N) is 1. The van der Waals surface area contributed by atoms with Gasteiger partial charge in [-0.05, 0) is 59.1 Å². The zero-order chi connectivity index (χ0) is 23.0. The van der Waals surface area contributed by atoms with Crippen molar-refractivity contribution in [3.63, 3.8) is 0 Å². The Bertz CT molecular complexity index is 854. The Balaban J connectivity index is 2.04. The van der Waals surface area contributed by atoms with E-state index in [1.807, 2.05) is 45.9 Å². The lowest BCUT2D eigenvalue weighted by Gasteiger charge is -2.31. The molecule has 4 nitrogen and oxygen atoms in total. The molecule has 0 aliphatic heterocycles. The number of carbonyl (C=O) groups excluding carboxylic acids is 2. The highest BCUT2D eigenvalue weighted by Gasteiger charge is 2.27. The highest BCUT2D eigenvalue weighted by molar-refractivity contribution is 7.99. The lowest BCUT2D eigenvalue weighted by molar-refractivity contribution is -0.138. The summed E-state index contributed by atoms with van der Waals surface area (Å²) in [6, 6.07) is 16.0. The van der Waals surface area contributed by atoms with Gasteiger partial charge in [-0.15, -0.1) is 11.8 Å². The second-order valence-electron chi connectivity index (χ2n) is 9.23. The fourth-order valence-electron chi connectivity index (χ4n) is 3.54. The molecule has 2 aromatic rings. The minimum absolute atomic E-state index is 0.00173. The van der Waals surface area contributed by atoms with Crippen molar-refractivity contribution in [3.05, 3.63) is 70.8 Å². The first-order chi connectivity index (χ1) is 14.5. The number of carbonyl (C=O) groups is 2. The normalized spacial score (nSPS) is 12.3. The fourth-order valence-corrected chi connectivity index (χ4v) is 4.38. The van der Waals surface area contributed by atoms with E-state index in [9.17, 15) is 9.59 Å². The predicted molar refractivity (Wildman–Crippen MR) is 131 cm³/mol. The van der Waals surface area contributed by atoms with E-state index >= 15 is 0 Å². The molecule has 2 amide bonds. The maximum atomic E-state index is 13.1. The van der Waals surface area contributed by atoms with Crippen LogP contribution < -0.4 is 5.32 Å². The summed E-state index contributed by atoms with van der Waals surface area (Å²) in [6.07, 6.45) is 0.724. The van der Waals surface area contributed by atoms with Crippen molar-refractivity contribution in [1.29, 1.82) is 0 Å². The molecule has 0 bridgehead atoms. The van der Waals surface area contributed by atoms with Crippen LogP contribution in [0.15, 0.2) is 48.5 Å². The molecular formula is C26H36N2O2S. The summed E-state index contributed by atoms with van der Waals surface area (Å²) in [7, 11) is 0. The highest BCUT2D eigenvalue weighted by Crippen LogP contribution is 2.17. The number of nitrogens with one attached hydrogen (secondary N) is 1. The molecule has 0 saturated carbocycles. The van der Waals surface area contributed by atoms with Crippen molar-refractivity contribution in [2.24, 2.45) is 0 Å². The van der Waals surface area contributed by atoms with Gasteiger partial charge >= 0.3 is 0 Å². The monoisotopic (exact) mass is 440 g/mol. The molecule has 0 aromatic heterocycles. The first-order valence-corrected chi connectivity index (χ1v) is 12.0. The van der Waals surface area contributed by atoms with Gasteiger partial charge in [-0.25, -0.2) is 0 Å². The van der Waals surface area contributed by atoms with Gasteiger partial charge in [-0.3, -0.25) is 9.59 Å². The molecule has 2 aromatic carbocycles. The molecule has 2 rings (SSSR count). The third-order valence-corrected chi connectivity index (χ3v) is 5.91. The van der Waals surface area contributed by atoms with Gasteiger partial charge in [0.15, 0.2) is 0 Å². The van der Waals surface area contributed by atoms with Crippen molar-refractivity contribution in [3.8, 4) is 0 Å². The van der Waals surface area contributed by atoms with Crippen LogP contribution in [0.5, 0.6) is 0 Å². The molecule has 0 radical (unpaired) electrons. The van der Waals surface area contributed by atoms with Crippen LogP contribution >= 0.6 is 11.8 Å². The van der Waals surface area contributed by atoms with Crippen LogP contribution in [-0.2, 0) is 21.8 Å². The van der Waals surface area contributed by atoms with E-state index in [1.54, 1.807) is 16.7 Å². The van der Waals surface area contributed by atoms with E-state index in [0.29, 0.717) is 12.3 Å². The summed E-state index contributed by atoms with van der Waals surface area (Å²) in [5.74, 6) is 1.02. The minimum atomic E-state index is -0.516. The molecule has 0 aliphatic rings. The van der Waals surface area contributed by atoms with Gasteiger partial charge in [0, 0.05) is 17.8 Å². The van der Waals surface area contributed by atoms with Crippen LogP contribution in [0.2, 0.25) is 0 Å². The second-order valence-corrected chi connectivity index (χ2v) is 10.2. The summed E-state index contributed by atoms with van der Waals surface area (Å²) in [5, 5.41) is 3.01. The molecule has 0 heterocycles. The van der Waals surface area contributed by atoms with Crippen LogP contribution in [0.4, 0.5) is 0 Å². The molecule has 31 heavy (non-hydrogen) atoms. The van der Waals surface area contributed by atoms with E-state index in [0.717, 1.165) is 17.7 Å². The molecule has 1 N–H and O–H groups in total. The number of hydrogen-bond acceptors (Lipinski definition) is 3. The molecule has 0 spiro atoms. The lowest BCUT2D eigenvalue weighted by Crippen LogP contribution is -2.53. The van der Waals surface area contributed by atoms with Gasteiger partial charge < -0.3 is 10.2 Å². The number of thioether (sulfide) groups is 1. The molecule has 1 atom stereocenters. The van der Waals surface area contributed by atoms with Gasteiger partial charge in [0.05, 0.1) is 5.75 Å². The Labute approximate surface area is 191 Å². The largest absolute Gasteiger partial charge is 0.350 e. The van der Waals surface area contributed by atoms with Crippen LogP contribution in [0.25, 0.3) is 0 Å². The Hall–Kier alpha value is -2.27. The molecule has 0 saturated heterocycles. The third kappa shape index (κ3) is 8.78. The SMILES string of the molecule is Cc1cc(C)cc(CSCC(=O)N(CCc2ccccc2)[C@@H](C)C(=O)NC(C)(C)C)c1. The minimum Gasteiger partial charge on any atom is -0.350 e. The molecule has 168 valence electrons. The van der Waals surface area contributed by atoms with Gasteiger partial charge in [-0.2, -0.15) is 0 Å². The van der Waals surface area contributed by atoms with E-state index in [-0.39, 0.29) is 17.4 Å². The topological polar surface area (TPSA) is 49.4 Å². The summed E-state index contributed by atoms with van der Waals surface area (Å²) in [6.45, 7) is 12.4. The fraction of sp³-hybridized carbons (Fsp3) is 0.462. The Morgan fingerprint density at radius 1 is 1.00 bits per heavy atom. The molecule has 5 heteroatoms. The Morgan fingerprint density at radius 3 is 2.19 bits per heavy atom. The third-order valence-electron chi connectivity index (χ3n) is 4.93. The van der Waals surface area contributed by atoms with Crippen LogP contribution in [0.3, 0.4) is 0 Å². The standard InChI is InChI=1S/C26H36N2O2S/c1-19-14-20(2)16-23(15-19)17-31-18-24(29)28(13-12-22-10-8-7-9-11-22)21(3)25(30)27-26(4,5)6/h7-11,14-16,21H,12-13,17-18H2,1-6H3,(H,27,30)/t21-/m0/s1. The maximum absolute atomic E-state index is 13.1. The molecule has 0 aliphatic carbocycles. The quantitative estimate of drug-likeness (QED) is 0.603. The van der Waals surface area contributed by atoms with Gasteiger partial charge in [-0.1, -0.05) is 59.7 Å². The lowest BCUT2D eigenvalue weighted by atomic mass is 10.1. The van der Waals surface area contributed by atoms with Crippen molar-refractivity contribution >= 4 is 23.6 Å². The van der Waals surface area contributed by atoms with Gasteiger partial charge in [0.25, 0.3) is 0 Å². The van der Waals surface area contributed by atoms with Crippen molar-refractivity contribution in [2.75, 3.05) is 12.3 Å². The van der Waals surface area contributed by atoms with Crippen molar-refractivity contribution < 1.29 is 9.59 Å². The smallest absolute Gasteiger partial charge is 0.242 e. The first kappa shape index (κ1) is 25.0. The molecule has 0 unspecified atom stereocenters. The number of amides is 2. The van der Waals surface area contributed by atoms with Crippen LogP contribution in [-0.4, -0.2) is 40.6 Å². The number of rotatable bonds is 9. The van der Waals surface area contributed by atoms with Crippen molar-refractivity contribution in [2.45, 2.75) is 65.3 Å². The van der Waals surface area contributed by atoms with Gasteiger partial charge in [0.1, 0.15) is 6.04 Å². The molecular weight excluding hydrogens is 404 g/mol. The maximum Gasteiger partial charge on any atom is 0.242 e. The van der Waals surface area contributed by atoms with E-state index < -0.39 is 6.04 Å². The summed E-state index contributed by atoms with van der Waals surface area (Å²) in [5.41, 5.74) is 4.52. The van der Waals surface area contributed by atoms with E-state index in [1.165, 1.54) is 16.7 Å². The average Bonchev–Trinajstić information content (AvgIpc) is 2.66. The van der Waals surface area contributed by atoms with Crippen LogP contribution in [0.1, 0.15) is 49.9 Å². The molecule has 0 fully saturated rings. The summed E-state index contributed by atoms with van der Waals surface area (Å²) < 4.78 is 0. The van der Waals surface area contributed by atoms with Crippen molar-refractivity contribution in [1.82, 2.24) is 10.2 Å². The first-order valence-electron chi connectivity index (χ1n) is 10.9. The zero-order valence-corrected chi connectivity index (χ0v) is 20.5. The number of benzene rings is 2. The summed E-state index contributed by atoms with van der Waals surface area (Å²) >= 11 is 1.60. The van der Waals surface area contributed by atoms with Gasteiger partial charge in [0.2, 0.25) is 11.8 Å². The zero-order valence-electron chi connectivity index (χ0n) is 19.7. The second kappa shape index (κ2) is 11.4. The highest BCUT2D eigenvalue weighted by atomic mass is 32.2. The Morgan fingerprint density at radius 2 is 1.61 bits per heavy atom.